The van der Waals surface area contributed by atoms with Crippen LogP contribution in [0.5, 0.6) is 0 Å². The molecule has 0 bridgehead atoms. The van der Waals surface area contributed by atoms with Crippen molar-refractivity contribution in [1.82, 2.24) is 4.90 Å². The summed E-state index contributed by atoms with van der Waals surface area (Å²) in [7, 11) is 1.82. The summed E-state index contributed by atoms with van der Waals surface area (Å²) in [4.78, 5) is 1.67. The fourth-order valence-electron chi connectivity index (χ4n) is 1.37. The van der Waals surface area contributed by atoms with Gasteiger partial charge in [0.1, 0.15) is 0 Å². The molecule has 0 aliphatic heterocycles. The lowest BCUT2D eigenvalue weighted by atomic mass is 10.1. The van der Waals surface area contributed by atoms with E-state index < -0.39 is 0 Å². The van der Waals surface area contributed by atoms with Gasteiger partial charge in [-0.2, -0.15) is 5.26 Å². The zero-order valence-corrected chi connectivity index (χ0v) is 8.61. The Balaban J connectivity index is 2.14. The van der Waals surface area contributed by atoms with Gasteiger partial charge in [0.25, 0.3) is 0 Å². The van der Waals surface area contributed by atoms with Crippen LogP contribution in [0.4, 0.5) is 0 Å². The Kier molecular flexibility index (Phi) is 4.57. The van der Waals surface area contributed by atoms with E-state index in [0.29, 0.717) is 0 Å². The summed E-state index contributed by atoms with van der Waals surface area (Å²) in [5, 5.41) is 8.53. The van der Waals surface area contributed by atoms with Crippen molar-refractivity contribution in [3.05, 3.63) is 35.9 Å². The minimum atomic E-state index is 0.864. The lowest BCUT2D eigenvalue weighted by Crippen LogP contribution is -2.12. The summed E-state index contributed by atoms with van der Waals surface area (Å²) in [5.74, 6) is 0. The zero-order chi connectivity index (χ0) is 10.2. The number of unbranched alkanes of at least 4 members (excludes halogenated alkanes) is 1. The number of nitriles is 1. The predicted molar refractivity (Wildman–Crippen MR) is 57.6 cm³/mol. The first-order chi connectivity index (χ1) is 6.83. The molecular formula is C12H16N2. The van der Waals surface area contributed by atoms with E-state index in [1.807, 2.05) is 13.1 Å². The first kappa shape index (κ1) is 10.6. The molecule has 0 atom stereocenters. The van der Waals surface area contributed by atoms with Crippen LogP contribution in [0.2, 0.25) is 0 Å². The van der Waals surface area contributed by atoms with E-state index >= 15 is 0 Å². The first-order valence-electron chi connectivity index (χ1n) is 4.97. The average molecular weight is 188 g/mol. The van der Waals surface area contributed by atoms with Gasteiger partial charge in [-0.3, -0.25) is 0 Å². The number of aryl methyl sites for hydroxylation is 1. The van der Waals surface area contributed by atoms with Crippen LogP contribution in [0.25, 0.3) is 0 Å². The smallest absolute Gasteiger partial charge is 0.179 e. The standard InChI is InChI=1S/C12H16N2/c1-14(11-13)10-6-5-9-12-7-3-2-4-8-12/h2-4,7-8H,5-6,9-10H2,1H3. The molecule has 0 spiro atoms. The van der Waals surface area contributed by atoms with Crippen LogP contribution in [0.1, 0.15) is 18.4 Å². The fourth-order valence-corrected chi connectivity index (χ4v) is 1.37. The molecular weight excluding hydrogens is 172 g/mol. The van der Waals surface area contributed by atoms with E-state index in [4.69, 9.17) is 5.26 Å². The second-order valence-electron chi connectivity index (χ2n) is 3.46. The Morgan fingerprint density at radius 1 is 1.21 bits per heavy atom. The Hall–Kier alpha value is -1.49. The Morgan fingerprint density at radius 2 is 1.93 bits per heavy atom. The highest BCUT2D eigenvalue weighted by Gasteiger charge is 1.94. The molecule has 74 valence electrons. The molecule has 0 aliphatic rings. The van der Waals surface area contributed by atoms with E-state index in [1.54, 1.807) is 4.90 Å². The second kappa shape index (κ2) is 6.04. The van der Waals surface area contributed by atoms with Crippen LogP contribution in [0.3, 0.4) is 0 Å². The van der Waals surface area contributed by atoms with Crippen molar-refractivity contribution in [2.24, 2.45) is 0 Å². The van der Waals surface area contributed by atoms with Gasteiger partial charge in [0.2, 0.25) is 0 Å². The van der Waals surface area contributed by atoms with Crippen molar-refractivity contribution in [3.63, 3.8) is 0 Å². The van der Waals surface area contributed by atoms with Crippen molar-refractivity contribution in [3.8, 4) is 6.19 Å². The van der Waals surface area contributed by atoms with Crippen LogP contribution in [0, 0.1) is 11.5 Å². The topological polar surface area (TPSA) is 27.0 Å². The zero-order valence-electron chi connectivity index (χ0n) is 8.61. The van der Waals surface area contributed by atoms with Gasteiger partial charge in [-0.15, -0.1) is 0 Å². The maximum absolute atomic E-state index is 8.53. The maximum Gasteiger partial charge on any atom is 0.179 e. The van der Waals surface area contributed by atoms with Crippen LogP contribution in [-0.4, -0.2) is 18.5 Å². The highest BCUT2D eigenvalue weighted by molar-refractivity contribution is 5.14. The maximum atomic E-state index is 8.53. The van der Waals surface area contributed by atoms with Gasteiger partial charge in [0, 0.05) is 13.6 Å². The number of rotatable bonds is 5. The van der Waals surface area contributed by atoms with E-state index in [1.165, 1.54) is 5.56 Å². The van der Waals surface area contributed by atoms with E-state index in [-0.39, 0.29) is 0 Å². The number of hydrogen-bond donors (Lipinski definition) is 0. The summed E-state index contributed by atoms with van der Waals surface area (Å²) in [6.45, 7) is 0.864. The van der Waals surface area contributed by atoms with Gasteiger partial charge in [-0.05, 0) is 24.8 Å². The quantitative estimate of drug-likeness (QED) is 0.403. The first-order valence-corrected chi connectivity index (χ1v) is 4.97. The minimum absolute atomic E-state index is 0.864. The normalized spacial score (nSPS) is 9.43. The molecule has 1 rings (SSSR count). The van der Waals surface area contributed by atoms with Gasteiger partial charge in [0.15, 0.2) is 6.19 Å². The monoisotopic (exact) mass is 188 g/mol. The van der Waals surface area contributed by atoms with Crippen LogP contribution < -0.4 is 0 Å². The molecule has 14 heavy (non-hydrogen) atoms. The SMILES string of the molecule is CN(C#N)CCCCc1ccccc1. The van der Waals surface area contributed by atoms with Crippen molar-refractivity contribution in [1.29, 1.82) is 5.26 Å². The molecule has 0 heterocycles. The van der Waals surface area contributed by atoms with Crippen LogP contribution in [-0.2, 0) is 6.42 Å². The molecule has 1 aromatic carbocycles. The number of benzene rings is 1. The highest BCUT2D eigenvalue weighted by atomic mass is 15.1. The third-order valence-electron chi connectivity index (χ3n) is 2.22. The second-order valence-corrected chi connectivity index (χ2v) is 3.46. The molecule has 0 saturated carbocycles. The molecule has 1 aromatic rings. The Bertz CT molecular complexity index is 287. The predicted octanol–water partition coefficient (Wildman–Crippen LogP) is 2.42. The van der Waals surface area contributed by atoms with E-state index in [2.05, 4.69) is 30.5 Å². The minimum Gasteiger partial charge on any atom is -0.314 e. The summed E-state index contributed by atoms with van der Waals surface area (Å²) in [5.41, 5.74) is 1.38. The van der Waals surface area contributed by atoms with Crippen molar-refractivity contribution < 1.29 is 0 Å². The molecule has 0 saturated heterocycles. The molecule has 0 unspecified atom stereocenters. The van der Waals surface area contributed by atoms with Crippen molar-refractivity contribution in [2.45, 2.75) is 19.3 Å². The molecule has 0 N–H and O–H groups in total. The third kappa shape index (κ3) is 3.95. The Morgan fingerprint density at radius 3 is 2.57 bits per heavy atom. The summed E-state index contributed by atoms with van der Waals surface area (Å²) in [6, 6.07) is 10.5. The molecule has 0 aliphatic carbocycles. The van der Waals surface area contributed by atoms with E-state index in [0.717, 1.165) is 25.8 Å². The van der Waals surface area contributed by atoms with Crippen LogP contribution in [0.15, 0.2) is 30.3 Å². The van der Waals surface area contributed by atoms with Gasteiger partial charge in [-0.1, -0.05) is 30.3 Å². The average Bonchev–Trinajstić information content (AvgIpc) is 2.25. The molecule has 2 heteroatoms. The summed E-state index contributed by atoms with van der Waals surface area (Å²) in [6.07, 6.45) is 5.44. The summed E-state index contributed by atoms with van der Waals surface area (Å²) < 4.78 is 0. The van der Waals surface area contributed by atoms with Crippen molar-refractivity contribution in [2.75, 3.05) is 13.6 Å². The van der Waals surface area contributed by atoms with Gasteiger partial charge in [-0.25, -0.2) is 0 Å². The third-order valence-corrected chi connectivity index (χ3v) is 2.22. The van der Waals surface area contributed by atoms with E-state index in [9.17, 15) is 0 Å². The van der Waals surface area contributed by atoms with Crippen molar-refractivity contribution >= 4 is 0 Å². The Labute approximate surface area is 85.8 Å². The largest absolute Gasteiger partial charge is 0.314 e. The number of nitrogens with zero attached hydrogens (tertiary/aromatic N) is 2. The number of hydrogen-bond acceptors (Lipinski definition) is 2. The highest BCUT2D eigenvalue weighted by Crippen LogP contribution is 2.04. The lowest BCUT2D eigenvalue weighted by Gasteiger charge is -2.07. The molecule has 0 radical (unpaired) electrons. The van der Waals surface area contributed by atoms with Gasteiger partial charge in [0.05, 0.1) is 0 Å². The van der Waals surface area contributed by atoms with Crippen LogP contribution >= 0.6 is 0 Å². The van der Waals surface area contributed by atoms with Gasteiger partial charge < -0.3 is 4.90 Å². The molecule has 0 aromatic heterocycles. The molecule has 0 amide bonds. The molecule has 0 fully saturated rings. The lowest BCUT2D eigenvalue weighted by molar-refractivity contribution is 0.452. The molecule has 2 nitrogen and oxygen atoms in total. The fraction of sp³-hybridized carbons (Fsp3) is 0.417. The summed E-state index contributed by atoms with van der Waals surface area (Å²) >= 11 is 0. The van der Waals surface area contributed by atoms with Gasteiger partial charge >= 0.3 is 0 Å².